The van der Waals surface area contributed by atoms with Gasteiger partial charge in [-0.3, -0.25) is 4.79 Å². The number of carbonyl (C=O) groups excluding carboxylic acids is 1. The van der Waals surface area contributed by atoms with Crippen LogP contribution in [0.5, 0.6) is 0 Å². The summed E-state index contributed by atoms with van der Waals surface area (Å²) in [6.45, 7) is 4.21. The second-order valence-electron chi connectivity index (χ2n) is 5.86. The molecule has 1 heterocycles. The third kappa shape index (κ3) is 4.17. The van der Waals surface area contributed by atoms with Gasteiger partial charge in [-0.15, -0.1) is 11.8 Å². The minimum atomic E-state index is -0.0852. The standard InChI is InChI=1S/C19H19ClN2OS2/c1-12-4-9-16-18(13(12)2)22(3)19(25-16)21-17(23)10-11-24-15-7-5-14(20)6-8-15/h4-9H,10-11H2,1-3H3. The lowest BCUT2D eigenvalue weighted by Gasteiger charge is -2.03. The van der Waals surface area contributed by atoms with Crippen molar-refractivity contribution < 1.29 is 4.79 Å². The van der Waals surface area contributed by atoms with Crippen LogP contribution in [0.3, 0.4) is 0 Å². The van der Waals surface area contributed by atoms with Gasteiger partial charge >= 0.3 is 0 Å². The largest absolute Gasteiger partial charge is 0.319 e. The number of benzene rings is 2. The first-order chi connectivity index (χ1) is 12.0. The summed E-state index contributed by atoms with van der Waals surface area (Å²) >= 11 is 9.08. The zero-order valence-electron chi connectivity index (χ0n) is 14.4. The second kappa shape index (κ2) is 7.77. The summed E-state index contributed by atoms with van der Waals surface area (Å²) < 4.78 is 3.18. The fourth-order valence-corrected chi connectivity index (χ4v) is 4.65. The summed E-state index contributed by atoms with van der Waals surface area (Å²) in [4.78, 5) is 18.4. The molecule has 0 unspecified atom stereocenters. The van der Waals surface area contributed by atoms with Crippen LogP contribution in [0.25, 0.3) is 10.2 Å². The maximum Gasteiger partial charge on any atom is 0.249 e. The fraction of sp³-hybridized carbons (Fsp3) is 0.263. The van der Waals surface area contributed by atoms with Gasteiger partial charge < -0.3 is 4.57 Å². The first-order valence-corrected chi connectivity index (χ1v) is 10.2. The van der Waals surface area contributed by atoms with Gasteiger partial charge in [0.25, 0.3) is 0 Å². The SMILES string of the molecule is Cc1ccc2sc(=NC(=O)CCSc3ccc(Cl)cc3)n(C)c2c1C. The third-order valence-corrected chi connectivity index (χ3v) is 6.47. The lowest BCUT2D eigenvalue weighted by atomic mass is 10.1. The lowest BCUT2D eigenvalue weighted by Crippen LogP contribution is -2.14. The van der Waals surface area contributed by atoms with Crippen molar-refractivity contribution in [2.24, 2.45) is 12.0 Å². The van der Waals surface area contributed by atoms with Crippen LogP contribution in [-0.2, 0) is 11.8 Å². The number of amides is 1. The molecule has 3 aromatic rings. The quantitative estimate of drug-likeness (QED) is 0.579. The highest BCUT2D eigenvalue weighted by atomic mass is 35.5. The summed E-state index contributed by atoms with van der Waals surface area (Å²) in [7, 11) is 1.97. The van der Waals surface area contributed by atoms with E-state index in [0.717, 1.165) is 24.9 Å². The molecule has 0 aliphatic heterocycles. The van der Waals surface area contributed by atoms with Gasteiger partial charge in [-0.2, -0.15) is 4.99 Å². The zero-order chi connectivity index (χ0) is 18.0. The number of carbonyl (C=O) groups is 1. The van der Waals surface area contributed by atoms with E-state index in [9.17, 15) is 4.79 Å². The number of hydrogen-bond acceptors (Lipinski definition) is 3. The van der Waals surface area contributed by atoms with Gasteiger partial charge in [-0.05, 0) is 55.3 Å². The molecule has 0 atom stereocenters. The van der Waals surface area contributed by atoms with Crippen molar-refractivity contribution in [1.82, 2.24) is 4.57 Å². The number of fused-ring (bicyclic) bond motifs is 1. The van der Waals surface area contributed by atoms with Crippen LogP contribution in [0.1, 0.15) is 17.5 Å². The number of thioether (sulfide) groups is 1. The first-order valence-electron chi connectivity index (χ1n) is 7.97. The van der Waals surface area contributed by atoms with Crippen LogP contribution in [0.15, 0.2) is 46.3 Å². The molecule has 6 heteroatoms. The molecule has 0 bridgehead atoms. The van der Waals surface area contributed by atoms with Gasteiger partial charge in [0, 0.05) is 29.1 Å². The Balaban J connectivity index is 1.73. The summed E-state index contributed by atoms with van der Waals surface area (Å²) in [5.41, 5.74) is 3.65. The minimum absolute atomic E-state index is 0.0852. The molecule has 0 saturated heterocycles. The summed E-state index contributed by atoms with van der Waals surface area (Å²) in [5, 5.41) is 0.721. The normalized spacial score (nSPS) is 12.1. The van der Waals surface area contributed by atoms with Crippen LogP contribution < -0.4 is 4.80 Å². The second-order valence-corrected chi connectivity index (χ2v) is 8.47. The Kier molecular flexibility index (Phi) is 5.67. The van der Waals surface area contributed by atoms with E-state index in [1.807, 2.05) is 35.9 Å². The number of rotatable bonds is 4. The average molecular weight is 391 g/mol. The summed E-state index contributed by atoms with van der Waals surface area (Å²) in [5.74, 6) is 0.620. The van der Waals surface area contributed by atoms with E-state index in [1.54, 1.807) is 23.1 Å². The summed E-state index contributed by atoms with van der Waals surface area (Å²) in [6, 6.07) is 11.9. The Bertz CT molecular complexity index is 987. The smallest absolute Gasteiger partial charge is 0.249 e. The number of thiazole rings is 1. The zero-order valence-corrected chi connectivity index (χ0v) is 16.8. The highest BCUT2D eigenvalue weighted by Crippen LogP contribution is 2.23. The molecule has 2 aromatic carbocycles. The molecule has 1 aromatic heterocycles. The van der Waals surface area contributed by atoms with Crippen LogP contribution in [-0.4, -0.2) is 16.2 Å². The number of aryl methyl sites for hydroxylation is 3. The van der Waals surface area contributed by atoms with Gasteiger partial charge in [-0.1, -0.05) is 29.0 Å². The fourth-order valence-electron chi connectivity index (χ4n) is 2.59. The first kappa shape index (κ1) is 18.2. The molecular formula is C19H19ClN2OS2. The van der Waals surface area contributed by atoms with E-state index in [4.69, 9.17) is 11.6 Å². The van der Waals surface area contributed by atoms with Gasteiger partial charge in [-0.25, -0.2) is 0 Å². The van der Waals surface area contributed by atoms with E-state index < -0.39 is 0 Å². The molecule has 0 spiro atoms. The Labute approximate surface area is 160 Å². The Morgan fingerprint density at radius 2 is 1.92 bits per heavy atom. The monoisotopic (exact) mass is 390 g/mol. The molecule has 3 nitrogen and oxygen atoms in total. The van der Waals surface area contributed by atoms with Crippen LogP contribution in [0, 0.1) is 13.8 Å². The average Bonchev–Trinajstić information content (AvgIpc) is 2.89. The molecule has 0 N–H and O–H groups in total. The predicted octanol–water partition coefficient (Wildman–Crippen LogP) is 5.12. The number of hydrogen-bond donors (Lipinski definition) is 0. The van der Waals surface area contributed by atoms with Crippen LogP contribution >= 0.6 is 34.7 Å². The molecule has 0 fully saturated rings. The minimum Gasteiger partial charge on any atom is -0.319 e. The number of halogens is 1. The maximum absolute atomic E-state index is 12.2. The van der Waals surface area contributed by atoms with Gasteiger partial charge in [0.2, 0.25) is 5.91 Å². The van der Waals surface area contributed by atoms with E-state index in [0.29, 0.717) is 12.2 Å². The van der Waals surface area contributed by atoms with Crippen LogP contribution in [0.4, 0.5) is 0 Å². The maximum atomic E-state index is 12.2. The molecule has 0 aliphatic rings. The predicted molar refractivity (Wildman–Crippen MR) is 108 cm³/mol. The number of aromatic nitrogens is 1. The molecule has 25 heavy (non-hydrogen) atoms. The molecule has 1 amide bonds. The van der Waals surface area contributed by atoms with E-state index in [-0.39, 0.29) is 5.91 Å². The third-order valence-electron chi connectivity index (χ3n) is 4.11. The summed E-state index contributed by atoms with van der Waals surface area (Å²) in [6.07, 6.45) is 0.416. The van der Waals surface area contributed by atoms with Crippen LogP contribution in [0.2, 0.25) is 5.02 Å². The Hall–Kier alpha value is -1.56. The van der Waals surface area contributed by atoms with Crippen molar-refractivity contribution in [3.8, 4) is 0 Å². The molecular weight excluding hydrogens is 372 g/mol. The van der Waals surface area contributed by atoms with Gasteiger partial charge in [0.1, 0.15) is 0 Å². The van der Waals surface area contributed by atoms with Gasteiger partial charge in [0.05, 0.1) is 10.2 Å². The van der Waals surface area contributed by atoms with Crippen molar-refractivity contribution in [3.05, 3.63) is 57.3 Å². The highest BCUT2D eigenvalue weighted by Gasteiger charge is 2.09. The lowest BCUT2D eigenvalue weighted by molar-refractivity contribution is -0.117. The Morgan fingerprint density at radius 1 is 1.20 bits per heavy atom. The highest BCUT2D eigenvalue weighted by molar-refractivity contribution is 7.99. The van der Waals surface area contributed by atoms with Crippen molar-refractivity contribution >= 4 is 50.8 Å². The molecule has 130 valence electrons. The van der Waals surface area contributed by atoms with Crippen molar-refractivity contribution in [2.45, 2.75) is 25.2 Å². The van der Waals surface area contributed by atoms with E-state index in [1.165, 1.54) is 11.1 Å². The topological polar surface area (TPSA) is 34.4 Å². The molecule has 0 radical (unpaired) electrons. The molecule has 0 saturated carbocycles. The van der Waals surface area contributed by atoms with Crippen molar-refractivity contribution in [3.63, 3.8) is 0 Å². The van der Waals surface area contributed by atoms with E-state index >= 15 is 0 Å². The van der Waals surface area contributed by atoms with E-state index in [2.05, 4.69) is 31.0 Å². The van der Waals surface area contributed by atoms with Crippen molar-refractivity contribution in [2.75, 3.05) is 5.75 Å². The van der Waals surface area contributed by atoms with Crippen molar-refractivity contribution in [1.29, 1.82) is 0 Å². The Morgan fingerprint density at radius 3 is 2.64 bits per heavy atom. The number of nitrogens with zero attached hydrogens (tertiary/aromatic N) is 2. The van der Waals surface area contributed by atoms with Gasteiger partial charge in [0.15, 0.2) is 4.80 Å². The molecule has 3 rings (SSSR count). The molecule has 0 aliphatic carbocycles.